The Kier molecular flexibility index (Phi) is 16.8. The third kappa shape index (κ3) is 12.4. The molecule has 33 heteroatoms. The number of fused-ring (bicyclic) bond motifs is 2. The van der Waals surface area contributed by atoms with E-state index < -0.39 is 245 Å². The molecular weight excluding hydrogens is 1460 g/mol. The van der Waals surface area contributed by atoms with Crippen LogP contribution in [0.3, 0.4) is 0 Å². The van der Waals surface area contributed by atoms with Gasteiger partial charge in [0.15, 0.2) is 23.3 Å². The molecule has 6 heterocycles. The maximum Gasteiger partial charge on any atom is 0.568 e. The highest BCUT2D eigenvalue weighted by Gasteiger charge is 2.48. The second-order valence-electron chi connectivity index (χ2n) is 23.5. The van der Waals surface area contributed by atoms with Crippen LogP contribution in [0.1, 0.15) is 66.8 Å². The monoisotopic (exact) mass is 1490 g/mol. The predicted octanol–water partition coefficient (Wildman–Crippen LogP) is 21.4. The summed E-state index contributed by atoms with van der Waals surface area (Å²) >= 11 is -3.06. The Morgan fingerprint density at radius 1 is 0.200 bits per heavy atom. The van der Waals surface area contributed by atoms with Crippen LogP contribution in [0.5, 0.6) is 0 Å². The zero-order valence-corrected chi connectivity index (χ0v) is 52.9. The van der Waals surface area contributed by atoms with Crippen molar-refractivity contribution in [2.75, 3.05) is 0 Å². The van der Waals surface area contributed by atoms with Crippen LogP contribution >= 0.6 is 0 Å². The van der Waals surface area contributed by atoms with Gasteiger partial charge in [0, 0.05) is 44.5 Å². The normalized spacial score (nSPS) is 15.0. The van der Waals surface area contributed by atoms with Crippen molar-refractivity contribution in [1.82, 2.24) is 7.10 Å². The van der Waals surface area contributed by atoms with Gasteiger partial charge >= 0.3 is 65.1 Å². The third-order valence-corrected chi connectivity index (χ3v) is 18.7. The number of rotatable bonds is 8. The van der Waals surface area contributed by atoms with Gasteiger partial charge in [0.25, 0.3) is 0 Å². The maximum atomic E-state index is 16.2. The van der Waals surface area contributed by atoms with Crippen molar-refractivity contribution in [2.24, 2.45) is 30.0 Å². The van der Waals surface area contributed by atoms with Gasteiger partial charge in [0.1, 0.15) is 22.6 Å². The Morgan fingerprint density at radius 3 is 0.600 bits per heavy atom. The van der Waals surface area contributed by atoms with Gasteiger partial charge in [-0.15, -0.1) is 0 Å². The molecule has 0 N–H and O–H groups in total. The van der Waals surface area contributed by atoms with Crippen molar-refractivity contribution >= 4 is 72.9 Å². The second kappa shape index (κ2) is 24.8. The molecule has 14 rings (SSSR count). The molecule has 8 aromatic carbocycles. The molecule has 0 saturated carbocycles. The lowest BCUT2D eigenvalue weighted by atomic mass is 9.89. The van der Waals surface area contributed by atoms with Crippen LogP contribution in [0.4, 0.5) is 117 Å². The molecule has 4 aliphatic rings. The zero-order chi connectivity index (χ0) is 75.2. The molecule has 0 amide bonds. The Morgan fingerprint density at radius 2 is 0.381 bits per heavy atom. The summed E-state index contributed by atoms with van der Waals surface area (Å²) in [5.74, 6) is -8.01. The fourth-order valence-corrected chi connectivity index (χ4v) is 14.5. The van der Waals surface area contributed by atoms with E-state index in [1.54, 1.807) is 0 Å². The molecule has 0 spiro atoms. The lowest BCUT2D eigenvalue weighted by Gasteiger charge is -2.19. The Balaban J connectivity index is 1.37. The molecule has 1 radical (unpaired) electrons. The van der Waals surface area contributed by atoms with Crippen molar-refractivity contribution in [2.45, 2.75) is 49.4 Å². The Hall–Kier alpha value is -11.1. The van der Waals surface area contributed by atoms with Crippen molar-refractivity contribution in [3.05, 3.63) is 272 Å². The average molecular weight is 1490 g/mol. The van der Waals surface area contributed by atoms with Crippen LogP contribution in [0, 0.1) is 0 Å². The minimum atomic E-state index is -5.68. The summed E-state index contributed by atoms with van der Waals surface area (Å²) in [5, 5.41) is 0. The highest BCUT2D eigenvalue weighted by atomic mass is 27.1. The van der Waals surface area contributed by atoms with Crippen LogP contribution in [-0.4, -0.2) is 46.1 Å². The first-order chi connectivity index (χ1) is 49.2. The molecule has 0 fully saturated rings. The van der Waals surface area contributed by atoms with E-state index in [9.17, 15) is 0 Å². The molecule has 0 atom stereocenters. The summed E-state index contributed by atoms with van der Waals surface area (Å²) in [4.78, 5) is 27.3. The number of benzene rings is 8. The van der Waals surface area contributed by atoms with Crippen molar-refractivity contribution < 1.29 is 105 Å². The van der Waals surface area contributed by atoms with Gasteiger partial charge in [-0.2, -0.15) is 105 Å². The van der Waals surface area contributed by atoms with Gasteiger partial charge < -0.3 is 7.10 Å². The molecule has 531 valence electrons. The minimum absolute atomic E-state index is 0.364. The Labute approximate surface area is 578 Å². The molecule has 8 nitrogen and oxygen atoms in total. The van der Waals surface area contributed by atoms with E-state index >= 15 is 105 Å². The van der Waals surface area contributed by atoms with E-state index in [-0.39, 0.29) is 0 Å². The average Bonchev–Trinajstić information content (AvgIpc) is 1.54. The van der Waals surface area contributed by atoms with Crippen LogP contribution in [0.15, 0.2) is 224 Å². The fourth-order valence-electron chi connectivity index (χ4n) is 13.1. The molecule has 2 aromatic heterocycles. The molecule has 0 aliphatic carbocycles. The predicted molar refractivity (Wildman–Crippen MR) is 338 cm³/mol. The van der Waals surface area contributed by atoms with Crippen LogP contribution in [-0.2, 0) is 49.4 Å². The van der Waals surface area contributed by atoms with Crippen molar-refractivity contribution in [3.8, 4) is 44.5 Å². The molecular formula is C72H32AlF24N8. The lowest BCUT2D eigenvalue weighted by molar-refractivity contribution is -0.138. The minimum Gasteiger partial charge on any atom is -0.389 e. The largest absolute Gasteiger partial charge is 0.568 e. The highest BCUT2D eigenvalue weighted by molar-refractivity contribution is 6.52. The number of hydrogen-bond acceptors (Lipinski definition) is 6. The number of halogens is 24. The number of amidine groups is 4. The summed E-state index contributed by atoms with van der Waals surface area (Å²) in [7, 11) is 0. The van der Waals surface area contributed by atoms with E-state index in [2.05, 4.69) is 30.0 Å². The number of aliphatic imine (C=N–C) groups is 4. The molecule has 4 aliphatic heterocycles. The Bertz CT molecular complexity index is 5310. The summed E-state index contributed by atoms with van der Waals surface area (Å²) in [6.45, 7) is 0. The first-order valence-corrected chi connectivity index (χ1v) is 31.3. The van der Waals surface area contributed by atoms with E-state index in [0.717, 1.165) is 97.1 Å². The third-order valence-electron chi connectivity index (χ3n) is 17.2. The van der Waals surface area contributed by atoms with Gasteiger partial charge in [0.05, 0.1) is 44.5 Å². The topological polar surface area (TPSA) is 84.0 Å². The van der Waals surface area contributed by atoms with Crippen LogP contribution in [0.25, 0.3) is 66.8 Å². The van der Waals surface area contributed by atoms with E-state index in [4.69, 9.17) is 0 Å². The molecule has 10 aromatic rings. The standard InChI is InChI=1S/C72H32F24N8.Al/c73-65(74,75)41-25-9-1-17-33(41)49-50(34-18-2-10-26-42(34)66(76,77)78)58-97-57(49)101-59-51(35-19-3-11-27-43(35)67(79,80)81)52(36-20-4-12-28-44(36)68(82,83)84)61(98-59)103-63-55(39-23-7-15-31-47(39)71(91,92)93)56(40-24-8-16-32-48(40)72(94,95)96)64(100-63)104-62-54(38-22-6-14-30-46(38)70(88,89)90)53(60(99-62)102-58)37-21-5-13-29-45(37)69(85,86)87;/h1-32H;/q-2;+2. The lowest BCUT2D eigenvalue weighted by Crippen LogP contribution is -2.37. The highest BCUT2D eigenvalue weighted by Crippen LogP contribution is 2.57. The van der Waals surface area contributed by atoms with Gasteiger partial charge in [-0.25, -0.2) is 30.0 Å². The summed E-state index contributed by atoms with van der Waals surface area (Å²) in [6, 6.07) is 21.4. The first-order valence-electron chi connectivity index (χ1n) is 30.2. The van der Waals surface area contributed by atoms with E-state index in [0.29, 0.717) is 104 Å². The van der Waals surface area contributed by atoms with Crippen LogP contribution < -0.4 is 11.0 Å². The molecule has 105 heavy (non-hydrogen) atoms. The molecule has 6 bridgehead atoms. The summed E-state index contributed by atoms with van der Waals surface area (Å²) < 4.78 is 387. The molecule has 0 unspecified atom stereocenters. The quantitative estimate of drug-likeness (QED) is 0.107. The zero-order valence-electron chi connectivity index (χ0n) is 51.7. The van der Waals surface area contributed by atoms with Gasteiger partial charge in [-0.3, -0.25) is 0 Å². The van der Waals surface area contributed by atoms with E-state index in [1.807, 2.05) is 0 Å². The number of hydrogen-bond donors (Lipinski definition) is 0. The van der Waals surface area contributed by atoms with Crippen molar-refractivity contribution in [1.29, 1.82) is 0 Å². The first kappa shape index (κ1) is 70.9. The van der Waals surface area contributed by atoms with Gasteiger partial charge in [-0.1, -0.05) is 146 Å². The van der Waals surface area contributed by atoms with E-state index in [1.165, 1.54) is 0 Å². The fraction of sp³-hybridized carbons (Fsp3) is 0.111. The van der Waals surface area contributed by atoms with Crippen molar-refractivity contribution in [3.63, 3.8) is 0 Å². The number of nitrogens with zero attached hydrogens (tertiary/aromatic N) is 8. The number of alkyl halides is 24. The van der Waals surface area contributed by atoms with Gasteiger partial charge in [0.2, 0.25) is 0 Å². The van der Waals surface area contributed by atoms with Gasteiger partial charge in [-0.05, 0) is 93.0 Å². The smallest absolute Gasteiger partial charge is 0.389 e. The maximum absolute atomic E-state index is 16.2. The van der Waals surface area contributed by atoms with Crippen LogP contribution in [0.2, 0.25) is 0 Å². The summed E-state index contributed by atoms with van der Waals surface area (Å²) in [5.41, 5.74) is -36.8. The summed E-state index contributed by atoms with van der Waals surface area (Å²) in [6.07, 6.45) is -45.1. The second-order valence-corrected chi connectivity index (χ2v) is 24.7. The molecule has 0 saturated heterocycles. The number of aromatic nitrogens is 2. The SMILES string of the molecule is FC(F)(F)c1ccccc1C1=C(c2ccccc2C(F)(F)F)C2=Nc3c(-c4ccccc4C(F)(F)F)c(-c4ccccc4C(F)(F)F)c4[n]3[Al][n]3c(c(-c5ccccc5C(F)(F)F)c(-c5ccccc5C(F)(F)F)c3=NC3=NC(=N4)C(c4ccccc4C(F)(F)F)=C3c3ccccc3C(F)(F)F)=NC1=N2.